The van der Waals surface area contributed by atoms with Crippen molar-refractivity contribution in [3.8, 4) is 0 Å². The molecule has 0 spiro atoms. The minimum absolute atomic E-state index is 0.0536. The number of benzene rings is 1. The molecule has 1 aromatic carbocycles. The van der Waals surface area contributed by atoms with Gasteiger partial charge in [0.2, 0.25) is 0 Å². The number of rotatable bonds is 1. The normalized spacial score (nSPS) is 14.5. The van der Waals surface area contributed by atoms with Gasteiger partial charge in [0.05, 0.1) is 0 Å². The molecule has 2 aromatic rings. The third-order valence-electron chi connectivity index (χ3n) is 3.06. The predicted octanol–water partition coefficient (Wildman–Crippen LogP) is 2.00. The molecule has 0 radical (unpaired) electrons. The van der Waals surface area contributed by atoms with Crippen LogP contribution in [0.2, 0.25) is 0 Å². The Morgan fingerprint density at radius 2 is 2.24 bits per heavy atom. The molecule has 4 heteroatoms. The second-order valence-corrected chi connectivity index (χ2v) is 4.13. The summed E-state index contributed by atoms with van der Waals surface area (Å²) in [7, 11) is 0. The maximum absolute atomic E-state index is 12.3. The number of anilines is 1. The Kier molecular flexibility index (Phi) is 2.40. The van der Waals surface area contributed by atoms with Crippen molar-refractivity contribution in [1.82, 2.24) is 9.97 Å². The van der Waals surface area contributed by atoms with Crippen LogP contribution in [0.5, 0.6) is 0 Å². The van der Waals surface area contributed by atoms with Gasteiger partial charge in [-0.1, -0.05) is 18.2 Å². The summed E-state index contributed by atoms with van der Waals surface area (Å²) in [6.45, 7) is 0.760. The zero-order chi connectivity index (χ0) is 11.7. The number of carbonyl (C=O) groups is 1. The van der Waals surface area contributed by atoms with E-state index in [0.29, 0.717) is 5.82 Å². The fraction of sp³-hybridized carbons (Fsp3) is 0.231. The van der Waals surface area contributed by atoms with Crippen molar-refractivity contribution in [3.63, 3.8) is 0 Å². The summed E-state index contributed by atoms with van der Waals surface area (Å²) in [6, 6.07) is 8.05. The first kappa shape index (κ1) is 10.1. The highest BCUT2D eigenvalue weighted by Gasteiger charge is 2.24. The average molecular weight is 227 g/mol. The van der Waals surface area contributed by atoms with Crippen molar-refractivity contribution in [1.29, 1.82) is 0 Å². The van der Waals surface area contributed by atoms with Gasteiger partial charge in [-0.2, -0.15) is 0 Å². The smallest absolute Gasteiger partial charge is 0.294 e. The quantitative estimate of drug-likeness (QED) is 0.810. The van der Waals surface area contributed by atoms with Crippen LogP contribution in [0.15, 0.2) is 36.7 Å². The number of imidazole rings is 1. The average Bonchev–Trinajstić information content (AvgIpc) is 2.91. The van der Waals surface area contributed by atoms with E-state index in [-0.39, 0.29) is 5.91 Å². The van der Waals surface area contributed by atoms with E-state index < -0.39 is 0 Å². The second-order valence-electron chi connectivity index (χ2n) is 4.13. The molecule has 0 atom stereocenters. The van der Waals surface area contributed by atoms with E-state index in [1.165, 1.54) is 5.56 Å². The van der Waals surface area contributed by atoms with Crippen molar-refractivity contribution in [2.24, 2.45) is 0 Å². The van der Waals surface area contributed by atoms with E-state index in [1.807, 2.05) is 18.2 Å². The third-order valence-corrected chi connectivity index (χ3v) is 3.06. The molecule has 0 fully saturated rings. The van der Waals surface area contributed by atoms with Gasteiger partial charge in [0.15, 0.2) is 5.82 Å². The lowest BCUT2D eigenvalue weighted by atomic mass is 10.0. The fourth-order valence-corrected chi connectivity index (χ4v) is 2.25. The molecule has 0 unspecified atom stereocenters. The number of nitrogens with zero attached hydrogens (tertiary/aromatic N) is 2. The zero-order valence-corrected chi connectivity index (χ0v) is 9.39. The van der Waals surface area contributed by atoms with Gasteiger partial charge in [-0.3, -0.25) is 4.79 Å². The molecule has 1 amide bonds. The number of hydrogen-bond acceptors (Lipinski definition) is 2. The van der Waals surface area contributed by atoms with E-state index in [2.05, 4.69) is 16.0 Å². The summed E-state index contributed by atoms with van der Waals surface area (Å²) in [5, 5.41) is 0. The van der Waals surface area contributed by atoms with E-state index in [1.54, 1.807) is 17.3 Å². The van der Waals surface area contributed by atoms with Crippen LogP contribution in [0, 0.1) is 0 Å². The van der Waals surface area contributed by atoms with Gasteiger partial charge >= 0.3 is 0 Å². The molecule has 3 rings (SSSR count). The Hall–Kier alpha value is -2.10. The Labute approximate surface area is 99.3 Å². The SMILES string of the molecule is O=C(c1ncc[nH]1)N1CCCc2ccccc21. The van der Waals surface area contributed by atoms with Gasteiger partial charge in [-0.05, 0) is 24.5 Å². The van der Waals surface area contributed by atoms with Crippen LogP contribution in [0.1, 0.15) is 22.6 Å². The van der Waals surface area contributed by atoms with Crippen molar-refractivity contribution in [3.05, 3.63) is 48.0 Å². The number of aryl methyl sites for hydroxylation is 1. The molecule has 4 nitrogen and oxygen atoms in total. The number of hydrogen-bond donors (Lipinski definition) is 1. The van der Waals surface area contributed by atoms with Crippen LogP contribution >= 0.6 is 0 Å². The minimum atomic E-state index is -0.0536. The van der Waals surface area contributed by atoms with Crippen LogP contribution in [-0.2, 0) is 6.42 Å². The van der Waals surface area contributed by atoms with Gasteiger partial charge in [-0.15, -0.1) is 0 Å². The summed E-state index contributed by atoms with van der Waals surface area (Å²) in [5.41, 5.74) is 2.25. The minimum Gasteiger partial charge on any atom is -0.341 e. The maximum atomic E-state index is 12.3. The first-order chi connectivity index (χ1) is 8.36. The highest BCUT2D eigenvalue weighted by atomic mass is 16.2. The van der Waals surface area contributed by atoms with Crippen molar-refractivity contribution >= 4 is 11.6 Å². The van der Waals surface area contributed by atoms with Crippen molar-refractivity contribution in [2.45, 2.75) is 12.8 Å². The van der Waals surface area contributed by atoms with Gasteiger partial charge < -0.3 is 9.88 Å². The zero-order valence-electron chi connectivity index (χ0n) is 9.39. The molecule has 1 aromatic heterocycles. The number of aromatic amines is 1. The number of para-hydroxylation sites is 1. The second kappa shape index (κ2) is 4.05. The molecule has 0 aliphatic carbocycles. The Balaban J connectivity index is 1.98. The maximum Gasteiger partial charge on any atom is 0.294 e. The lowest BCUT2D eigenvalue weighted by Gasteiger charge is -2.28. The molecule has 86 valence electrons. The lowest BCUT2D eigenvalue weighted by Crippen LogP contribution is -2.36. The van der Waals surface area contributed by atoms with E-state index >= 15 is 0 Å². The largest absolute Gasteiger partial charge is 0.341 e. The van der Waals surface area contributed by atoms with Crippen LogP contribution in [-0.4, -0.2) is 22.4 Å². The summed E-state index contributed by atoms with van der Waals surface area (Å²) < 4.78 is 0. The summed E-state index contributed by atoms with van der Waals surface area (Å²) >= 11 is 0. The Morgan fingerprint density at radius 1 is 1.35 bits per heavy atom. The first-order valence-electron chi connectivity index (χ1n) is 5.75. The monoisotopic (exact) mass is 227 g/mol. The van der Waals surface area contributed by atoms with Gasteiger partial charge in [-0.25, -0.2) is 4.98 Å². The van der Waals surface area contributed by atoms with E-state index in [4.69, 9.17) is 0 Å². The molecule has 2 heterocycles. The topological polar surface area (TPSA) is 49.0 Å². The molecule has 0 saturated heterocycles. The molecule has 17 heavy (non-hydrogen) atoms. The van der Waals surface area contributed by atoms with Crippen LogP contribution in [0.4, 0.5) is 5.69 Å². The van der Waals surface area contributed by atoms with Crippen LogP contribution in [0.3, 0.4) is 0 Å². The van der Waals surface area contributed by atoms with Gasteiger partial charge in [0.25, 0.3) is 5.91 Å². The molecule has 0 bridgehead atoms. The predicted molar refractivity (Wildman–Crippen MR) is 65.0 cm³/mol. The summed E-state index contributed by atoms with van der Waals surface area (Å²) in [4.78, 5) is 20.9. The van der Waals surface area contributed by atoms with E-state index in [0.717, 1.165) is 25.1 Å². The number of amides is 1. The van der Waals surface area contributed by atoms with Crippen molar-refractivity contribution in [2.75, 3.05) is 11.4 Å². The highest BCUT2D eigenvalue weighted by Crippen LogP contribution is 2.27. The number of fused-ring (bicyclic) bond motifs is 1. The molecule has 0 saturated carbocycles. The van der Waals surface area contributed by atoms with Crippen LogP contribution in [0.25, 0.3) is 0 Å². The molecule has 1 N–H and O–H groups in total. The third kappa shape index (κ3) is 1.71. The molecule has 1 aliphatic heterocycles. The lowest BCUT2D eigenvalue weighted by molar-refractivity contribution is 0.0976. The highest BCUT2D eigenvalue weighted by molar-refractivity contribution is 6.04. The van der Waals surface area contributed by atoms with Crippen molar-refractivity contribution < 1.29 is 4.79 Å². The number of aromatic nitrogens is 2. The summed E-state index contributed by atoms with van der Waals surface area (Å²) in [5.74, 6) is 0.351. The molecular formula is C13H13N3O. The molecule has 1 aliphatic rings. The summed E-state index contributed by atoms with van der Waals surface area (Å²) in [6.07, 6.45) is 5.31. The Bertz CT molecular complexity index is 533. The number of nitrogens with one attached hydrogen (secondary N) is 1. The van der Waals surface area contributed by atoms with Crippen LogP contribution < -0.4 is 4.90 Å². The Morgan fingerprint density at radius 3 is 3.06 bits per heavy atom. The van der Waals surface area contributed by atoms with Gasteiger partial charge in [0, 0.05) is 24.6 Å². The first-order valence-corrected chi connectivity index (χ1v) is 5.75. The number of H-pyrrole nitrogens is 1. The van der Waals surface area contributed by atoms with Gasteiger partial charge in [0.1, 0.15) is 0 Å². The standard InChI is InChI=1S/C13H13N3O/c17-13(12-14-7-8-15-12)16-9-3-5-10-4-1-2-6-11(10)16/h1-2,4,6-8H,3,5,9H2,(H,14,15). The fourth-order valence-electron chi connectivity index (χ4n) is 2.25. The molecular weight excluding hydrogens is 214 g/mol. The number of carbonyl (C=O) groups excluding carboxylic acids is 1. The van der Waals surface area contributed by atoms with E-state index in [9.17, 15) is 4.79 Å².